The highest BCUT2D eigenvalue weighted by atomic mass is 35.5. The Bertz CT molecular complexity index is 402. The van der Waals surface area contributed by atoms with E-state index in [0.29, 0.717) is 0 Å². The van der Waals surface area contributed by atoms with Gasteiger partial charge in [-0.1, -0.05) is 0 Å². The van der Waals surface area contributed by atoms with Crippen LogP contribution in [-0.4, -0.2) is 64.5 Å². The Kier molecular flexibility index (Phi) is 9.02. The largest absolute Gasteiger partial charge is 0.375 e. The van der Waals surface area contributed by atoms with Crippen molar-refractivity contribution < 1.29 is 27.5 Å². The molecule has 116 valence electrons. The molecule has 0 bridgehead atoms. The molecule has 0 rings (SSSR count). The molecule has 0 aromatic carbocycles. The quantitative estimate of drug-likeness (QED) is 0.259. The molecule has 0 fully saturated rings. The van der Waals surface area contributed by atoms with Gasteiger partial charge >= 0.3 is 0 Å². The Hall–Kier alpha value is 0.560. The van der Waals surface area contributed by atoms with Crippen molar-refractivity contribution in [1.82, 2.24) is 4.67 Å². The van der Waals surface area contributed by atoms with Gasteiger partial charge in [-0.05, 0) is 0 Å². The van der Waals surface area contributed by atoms with Crippen molar-refractivity contribution in [3.05, 3.63) is 0 Å². The number of rotatable bonds is 10. The molecule has 0 aromatic rings. The van der Waals surface area contributed by atoms with E-state index in [1.807, 2.05) is 0 Å². The molecule has 2 atom stereocenters. The van der Waals surface area contributed by atoms with Crippen LogP contribution in [0, 0.1) is 5.16 Å². The number of nitrogens with one attached hydrogen (secondary N) is 1. The molecule has 0 spiro atoms. The highest BCUT2D eigenvalue weighted by Crippen LogP contribution is 2.47. The normalized spacial score (nSPS) is 17.4. The van der Waals surface area contributed by atoms with Crippen molar-refractivity contribution in [3.8, 4) is 0 Å². The lowest BCUT2D eigenvalue weighted by Gasteiger charge is -2.28. The van der Waals surface area contributed by atoms with Gasteiger partial charge in [0, 0.05) is 31.3 Å². The van der Waals surface area contributed by atoms with Crippen LogP contribution in [0.25, 0.3) is 0 Å². The van der Waals surface area contributed by atoms with E-state index >= 15 is 0 Å². The lowest BCUT2D eigenvalue weighted by Crippen LogP contribution is -2.27. The third-order valence-corrected chi connectivity index (χ3v) is 5.02. The molecule has 4 N–H and O–H groups in total. The van der Waals surface area contributed by atoms with Crippen LogP contribution in [0.5, 0.6) is 0 Å². The number of hydrogen-bond donors (Lipinski definition) is 4. The van der Waals surface area contributed by atoms with Crippen LogP contribution in [0.2, 0.25) is 0 Å². The van der Waals surface area contributed by atoms with E-state index in [2.05, 4.69) is 0 Å². The van der Waals surface area contributed by atoms with Gasteiger partial charge < -0.3 is 14.5 Å². The SMILES string of the molecule is N=P(O)(OCCC(O)S(=O)(=O)O)N(CCCl)CCCl. The molecule has 0 aromatic heterocycles. The van der Waals surface area contributed by atoms with Gasteiger partial charge in [-0.25, -0.2) is 4.67 Å². The molecule has 0 amide bonds. The maximum Gasteiger partial charge on any atom is 0.292 e. The maximum atomic E-state index is 10.5. The molecule has 0 aliphatic rings. The molecular formula is C7H17Cl2N2O6PS. The summed E-state index contributed by atoms with van der Waals surface area (Å²) in [4.78, 5) is 9.82. The summed E-state index contributed by atoms with van der Waals surface area (Å²) in [5.74, 6) is 0.324. The predicted molar refractivity (Wildman–Crippen MR) is 73.0 cm³/mol. The fourth-order valence-electron chi connectivity index (χ4n) is 1.09. The fraction of sp³-hybridized carbons (Fsp3) is 1.00. The van der Waals surface area contributed by atoms with E-state index in [-0.39, 0.29) is 24.8 Å². The zero-order chi connectivity index (χ0) is 15.1. The van der Waals surface area contributed by atoms with Crippen LogP contribution in [0.1, 0.15) is 6.42 Å². The fourth-order valence-corrected chi connectivity index (χ4v) is 3.39. The first-order valence-corrected chi connectivity index (χ1v) is 9.36. The topological polar surface area (TPSA) is 131 Å². The average molecular weight is 359 g/mol. The molecular weight excluding hydrogens is 342 g/mol. The summed E-state index contributed by atoms with van der Waals surface area (Å²) in [6.45, 7) is -0.0401. The second-order valence-electron chi connectivity index (χ2n) is 3.47. The lowest BCUT2D eigenvalue weighted by molar-refractivity contribution is 0.176. The average Bonchev–Trinajstić information content (AvgIpc) is 2.27. The summed E-state index contributed by atoms with van der Waals surface area (Å²) in [7, 11) is -8.24. The summed E-state index contributed by atoms with van der Waals surface area (Å²) in [5.41, 5.74) is -2.01. The number of hydrogen-bond acceptors (Lipinski definition) is 5. The molecule has 8 nitrogen and oxygen atoms in total. The Morgan fingerprint density at radius 1 is 1.32 bits per heavy atom. The number of nitrogens with zero attached hydrogens (tertiary/aromatic N) is 1. The van der Waals surface area contributed by atoms with Crippen LogP contribution in [0.15, 0.2) is 0 Å². The van der Waals surface area contributed by atoms with Gasteiger partial charge in [0.2, 0.25) is 0 Å². The molecule has 12 heteroatoms. The Labute approximate surface area is 122 Å². The van der Waals surface area contributed by atoms with Crippen molar-refractivity contribution in [3.63, 3.8) is 0 Å². The van der Waals surface area contributed by atoms with E-state index in [9.17, 15) is 13.3 Å². The molecule has 0 heterocycles. The first-order valence-electron chi connectivity index (χ1n) is 5.18. The second kappa shape index (κ2) is 8.76. The zero-order valence-electron chi connectivity index (χ0n) is 9.94. The summed E-state index contributed by atoms with van der Waals surface area (Å²) < 4.78 is 35.7. The van der Waals surface area contributed by atoms with Crippen LogP contribution >= 0.6 is 30.9 Å². The van der Waals surface area contributed by atoms with Gasteiger partial charge in [0.05, 0.1) is 6.61 Å². The van der Waals surface area contributed by atoms with E-state index in [1.54, 1.807) is 0 Å². The first-order chi connectivity index (χ1) is 8.65. The zero-order valence-corrected chi connectivity index (χ0v) is 13.2. The third-order valence-electron chi connectivity index (χ3n) is 2.05. The smallest absolute Gasteiger partial charge is 0.292 e. The third kappa shape index (κ3) is 7.79. The van der Waals surface area contributed by atoms with Crippen molar-refractivity contribution in [2.75, 3.05) is 31.5 Å². The van der Waals surface area contributed by atoms with Crippen molar-refractivity contribution in [1.29, 1.82) is 5.16 Å². The summed E-state index contributed by atoms with van der Waals surface area (Å²) in [6.07, 6.45) is -0.463. The molecule has 0 aliphatic carbocycles. The molecule has 2 unspecified atom stereocenters. The lowest BCUT2D eigenvalue weighted by atomic mass is 10.5. The van der Waals surface area contributed by atoms with Crippen LogP contribution < -0.4 is 0 Å². The van der Waals surface area contributed by atoms with Crippen LogP contribution in [0.4, 0.5) is 0 Å². The molecule has 0 radical (unpaired) electrons. The minimum absolute atomic E-state index is 0.162. The second-order valence-corrected chi connectivity index (χ2v) is 7.71. The van der Waals surface area contributed by atoms with E-state index < -0.39 is 36.2 Å². The number of aliphatic hydroxyl groups excluding tert-OH is 1. The number of halogens is 2. The molecule has 19 heavy (non-hydrogen) atoms. The summed E-state index contributed by atoms with van der Waals surface area (Å²) >= 11 is 11.0. The van der Waals surface area contributed by atoms with Gasteiger partial charge in [-0.3, -0.25) is 9.71 Å². The van der Waals surface area contributed by atoms with Crippen molar-refractivity contribution in [2.45, 2.75) is 11.9 Å². The standard InChI is InChI=1S/C7H17Cl2N2O6PS/c8-2-4-11(5-3-9)18(10,13)17-6-1-7(12)19(14,15)16/h7,12H,1-6H2,(H2,10,13)(H,14,15,16). The summed E-state index contributed by atoms with van der Waals surface area (Å²) in [5, 5.41) is 16.7. The van der Waals surface area contributed by atoms with Crippen molar-refractivity contribution in [2.24, 2.45) is 0 Å². The summed E-state index contributed by atoms with van der Waals surface area (Å²) in [6, 6.07) is 0. The Balaban J connectivity index is 4.39. The van der Waals surface area contributed by atoms with Gasteiger partial charge in [0.1, 0.15) is 0 Å². The predicted octanol–water partition coefficient (Wildman–Crippen LogP) is 0.896. The van der Waals surface area contributed by atoms with E-state index in [1.165, 1.54) is 4.67 Å². The highest BCUT2D eigenvalue weighted by molar-refractivity contribution is 7.86. The van der Waals surface area contributed by atoms with Crippen molar-refractivity contribution >= 4 is 41.0 Å². The van der Waals surface area contributed by atoms with Crippen LogP contribution in [0.3, 0.4) is 0 Å². The Morgan fingerprint density at radius 2 is 1.79 bits per heavy atom. The highest BCUT2D eigenvalue weighted by Gasteiger charge is 2.26. The molecule has 0 aliphatic heterocycles. The van der Waals surface area contributed by atoms with Gasteiger partial charge in [0.15, 0.2) is 5.44 Å². The van der Waals surface area contributed by atoms with Crippen LogP contribution in [-0.2, 0) is 14.6 Å². The van der Waals surface area contributed by atoms with Gasteiger partial charge in [-0.2, -0.15) is 8.42 Å². The maximum absolute atomic E-state index is 10.5. The van der Waals surface area contributed by atoms with Gasteiger partial charge in [-0.15, -0.1) is 23.2 Å². The Morgan fingerprint density at radius 3 is 2.16 bits per heavy atom. The van der Waals surface area contributed by atoms with Gasteiger partial charge in [0.25, 0.3) is 17.8 Å². The number of alkyl halides is 2. The number of aliphatic hydroxyl groups is 1. The molecule has 0 saturated heterocycles. The minimum atomic E-state index is -4.57. The first kappa shape index (κ1) is 19.6. The minimum Gasteiger partial charge on any atom is -0.375 e. The molecule has 0 saturated carbocycles. The van der Waals surface area contributed by atoms with E-state index in [4.69, 9.17) is 42.5 Å². The van der Waals surface area contributed by atoms with E-state index in [0.717, 1.165) is 0 Å². The monoisotopic (exact) mass is 358 g/mol.